The van der Waals surface area contributed by atoms with Crippen LogP contribution in [0.15, 0.2) is 87.8 Å². The number of benzene rings is 2. The summed E-state index contributed by atoms with van der Waals surface area (Å²) in [5.41, 5.74) is 1.79. The summed E-state index contributed by atoms with van der Waals surface area (Å²) in [6.07, 6.45) is 3.35. The Morgan fingerprint density at radius 3 is 2.39 bits per heavy atom. The highest BCUT2D eigenvalue weighted by atomic mass is 32.2. The minimum atomic E-state index is -3.63. The number of anilines is 1. The van der Waals surface area contributed by atoms with E-state index in [4.69, 9.17) is 4.74 Å². The van der Waals surface area contributed by atoms with Gasteiger partial charge in [-0.15, -0.1) is 0 Å². The molecule has 0 unspecified atom stereocenters. The molecule has 7 nitrogen and oxygen atoms in total. The molecule has 0 bridgehead atoms. The first-order valence-corrected chi connectivity index (χ1v) is 11.4. The fourth-order valence-electron chi connectivity index (χ4n) is 2.85. The monoisotopic (exact) mass is 438 g/mol. The average molecular weight is 439 g/mol. The van der Waals surface area contributed by atoms with Gasteiger partial charge in [-0.05, 0) is 61.9 Å². The van der Waals surface area contributed by atoms with Gasteiger partial charge in [0.15, 0.2) is 5.96 Å². The number of aliphatic imine (C=N–C) groups is 1. The Morgan fingerprint density at radius 1 is 1.03 bits per heavy atom. The maximum atomic E-state index is 13.0. The molecule has 0 aliphatic rings. The summed E-state index contributed by atoms with van der Waals surface area (Å²) >= 11 is 0. The summed E-state index contributed by atoms with van der Waals surface area (Å²) < 4.78 is 31.6. The van der Waals surface area contributed by atoms with Crippen LogP contribution in [-0.2, 0) is 16.4 Å². The predicted molar refractivity (Wildman–Crippen MR) is 122 cm³/mol. The number of hydrogen-bond acceptors (Lipinski definition) is 5. The van der Waals surface area contributed by atoms with Gasteiger partial charge in [-0.3, -0.25) is 9.98 Å². The van der Waals surface area contributed by atoms with Gasteiger partial charge >= 0.3 is 0 Å². The number of pyridine rings is 1. The molecular formula is C23H26N4O3S. The van der Waals surface area contributed by atoms with Crippen molar-refractivity contribution < 1.29 is 13.2 Å². The highest BCUT2D eigenvalue weighted by Crippen LogP contribution is 2.25. The lowest BCUT2D eigenvalue weighted by atomic mass is 10.2. The summed E-state index contributed by atoms with van der Waals surface area (Å²) in [6.45, 7) is 4.28. The Balaban J connectivity index is 1.68. The van der Waals surface area contributed by atoms with E-state index in [-0.39, 0.29) is 15.9 Å². The highest BCUT2D eigenvalue weighted by molar-refractivity contribution is 7.91. The fraction of sp³-hybridized carbons (Fsp3) is 0.217. The molecule has 2 aromatic carbocycles. The standard InChI is InChI=1S/C23H26N4O3S/c1-17(2)30-20-5-4-6-22(15-20)31(28,29)21-9-7-18(8-10-21)16-26-23(24-3)27-19-11-13-25-14-12-19/h4-15,17H,16H2,1-3H3,(H2,24,25,26,27). The van der Waals surface area contributed by atoms with Crippen LogP contribution in [0.1, 0.15) is 19.4 Å². The lowest BCUT2D eigenvalue weighted by molar-refractivity contribution is 0.242. The molecule has 0 amide bonds. The Bertz CT molecular complexity index is 1130. The number of sulfone groups is 1. The smallest absolute Gasteiger partial charge is 0.206 e. The maximum Gasteiger partial charge on any atom is 0.206 e. The third kappa shape index (κ3) is 6.05. The molecule has 8 heteroatoms. The summed E-state index contributed by atoms with van der Waals surface area (Å²) in [6, 6.07) is 17.0. The van der Waals surface area contributed by atoms with E-state index in [1.807, 2.05) is 26.0 Å². The Labute approximate surface area is 183 Å². The second kappa shape index (κ2) is 10.1. The normalized spacial score (nSPS) is 11.9. The second-order valence-electron chi connectivity index (χ2n) is 7.08. The summed E-state index contributed by atoms with van der Waals surface area (Å²) in [4.78, 5) is 8.61. The number of nitrogens with one attached hydrogen (secondary N) is 2. The molecule has 1 aromatic heterocycles. The van der Waals surface area contributed by atoms with E-state index in [9.17, 15) is 8.42 Å². The van der Waals surface area contributed by atoms with Gasteiger partial charge in [0.2, 0.25) is 9.84 Å². The lowest BCUT2D eigenvalue weighted by Crippen LogP contribution is -2.30. The molecule has 0 fully saturated rings. The van der Waals surface area contributed by atoms with Crippen LogP contribution < -0.4 is 15.4 Å². The third-order valence-electron chi connectivity index (χ3n) is 4.35. The van der Waals surface area contributed by atoms with Gasteiger partial charge in [-0.25, -0.2) is 8.42 Å². The van der Waals surface area contributed by atoms with Gasteiger partial charge in [0.1, 0.15) is 5.75 Å². The zero-order chi connectivity index (χ0) is 22.3. The maximum absolute atomic E-state index is 13.0. The summed E-state index contributed by atoms with van der Waals surface area (Å²) in [7, 11) is -1.95. The van der Waals surface area contributed by atoms with E-state index in [1.54, 1.807) is 68.0 Å². The van der Waals surface area contributed by atoms with Crippen LogP contribution in [0.25, 0.3) is 0 Å². The molecule has 0 aliphatic heterocycles. The topological polar surface area (TPSA) is 92.7 Å². The lowest BCUT2D eigenvalue weighted by Gasteiger charge is -2.13. The van der Waals surface area contributed by atoms with Crippen LogP contribution in [0.5, 0.6) is 5.75 Å². The molecule has 1 heterocycles. The Morgan fingerprint density at radius 2 is 1.74 bits per heavy atom. The molecule has 2 N–H and O–H groups in total. The van der Waals surface area contributed by atoms with E-state index in [2.05, 4.69) is 20.6 Å². The zero-order valence-corrected chi connectivity index (χ0v) is 18.6. The minimum Gasteiger partial charge on any atom is -0.491 e. The number of ether oxygens (including phenoxy) is 1. The van der Waals surface area contributed by atoms with Gasteiger partial charge in [0, 0.05) is 31.7 Å². The van der Waals surface area contributed by atoms with Crippen molar-refractivity contribution in [2.45, 2.75) is 36.3 Å². The van der Waals surface area contributed by atoms with Crippen molar-refractivity contribution in [3.8, 4) is 5.75 Å². The van der Waals surface area contributed by atoms with Crippen molar-refractivity contribution in [2.24, 2.45) is 4.99 Å². The molecule has 0 aliphatic carbocycles. The van der Waals surface area contributed by atoms with Crippen molar-refractivity contribution >= 4 is 21.5 Å². The van der Waals surface area contributed by atoms with E-state index >= 15 is 0 Å². The number of guanidine groups is 1. The van der Waals surface area contributed by atoms with Crippen molar-refractivity contribution in [1.82, 2.24) is 10.3 Å². The van der Waals surface area contributed by atoms with Crippen LogP contribution in [0.3, 0.4) is 0 Å². The molecule has 0 saturated heterocycles. The average Bonchev–Trinajstić information content (AvgIpc) is 2.77. The van der Waals surface area contributed by atoms with Crippen molar-refractivity contribution in [2.75, 3.05) is 12.4 Å². The SMILES string of the molecule is CN=C(NCc1ccc(S(=O)(=O)c2cccc(OC(C)C)c2)cc1)Nc1ccncc1. The quantitative estimate of drug-likeness (QED) is 0.429. The van der Waals surface area contributed by atoms with Gasteiger partial charge < -0.3 is 15.4 Å². The second-order valence-corrected chi connectivity index (χ2v) is 9.03. The fourth-order valence-corrected chi connectivity index (χ4v) is 4.14. The molecule has 0 atom stereocenters. The molecule has 0 spiro atoms. The van der Waals surface area contributed by atoms with Gasteiger partial charge in [-0.2, -0.15) is 0 Å². The minimum absolute atomic E-state index is 0.0330. The molecule has 0 radical (unpaired) electrons. The Kier molecular flexibility index (Phi) is 7.25. The molecular weight excluding hydrogens is 412 g/mol. The molecule has 3 aromatic rings. The summed E-state index contributed by atoms with van der Waals surface area (Å²) in [5.74, 6) is 1.13. The van der Waals surface area contributed by atoms with Crippen molar-refractivity contribution in [3.63, 3.8) is 0 Å². The molecule has 31 heavy (non-hydrogen) atoms. The van der Waals surface area contributed by atoms with Gasteiger partial charge in [0.25, 0.3) is 0 Å². The van der Waals surface area contributed by atoms with Crippen LogP contribution in [0.4, 0.5) is 5.69 Å². The highest BCUT2D eigenvalue weighted by Gasteiger charge is 2.18. The van der Waals surface area contributed by atoms with Crippen molar-refractivity contribution in [1.29, 1.82) is 0 Å². The van der Waals surface area contributed by atoms with Crippen LogP contribution in [0.2, 0.25) is 0 Å². The number of rotatable bonds is 7. The van der Waals surface area contributed by atoms with E-state index in [1.165, 1.54) is 0 Å². The molecule has 3 rings (SSSR count). The largest absolute Gasteiger partial charge is 0.491 e. The number of nitrogens with zero attached hydrogens (tertiary/aromatic N) is 2. The zero-order valence-electron chi connectivity index (χ0n) is 17.7. The van der Waals surface area contributed by atoms with E-state index < -0.39 is 9.84 Å². The first-order valence-electron chi connectivity index (χ1n) is 9.87. The van der Waals surface area contributed by atoms with E-state index in [0.717, 1.165) is 11.3 Å². The number of hydrogen-bond donors (Lipinski definition) is 2. The van der Waals surface area contributed by atoms with Crippen LogP contribution in [0, 0.1) is 0 Å². The molecule has 0 saturated carbocycles. The summed E-state index contributed by atoms with van der Waals surface area (Å²) in [5, 5.41) is 6.37. The van der Waals surface area contributed by atoms with E-state index in [0.29, 0.717) is 18.3 Å². The van der Waals surface area contributed by atoms with Crippen molar-refractivity contribution in [3.05, 3.63) is 78.6 Å². The first-order chi connectivity index (χ1) is 14.9. The number of aromatic nitrogens is 1. The van der Waals surface area contributed by atoms with Gasteiger partial charge in [0.05, 0.1) is 15.9 Å². The first kappa shape index (κ1) is 22.3. The van der Waals surface area contributed by atoms with Crippen LogP contribution >= 0.6 is 0 Å². The third-order valence-corrected chi connectivity index (χ3v) is 6.12. The molecule has 162 valence electrons. The Hall–Kier alpha value is -3.39. The van der Waals surface area contributed by atoms with Gasteiger partial charge in [-0.1, -0.05) is 18.2 Å². The predicted octanol–water partition coefficient (Wildman–Crippen LogP) is 3.89. The van der Waals surface area contributed by atoms with Crippen LogP contribution in [-0.4, -0.2) is 32.5 Å².